The molecule has 4 N–H and O–H groups in total. The van der Waals surface area contributed by atoms with Gasteiger partial charge in [-0.25, -0.2) is 0 Å². The number of hydrogen-bond acceptors (Lipinski definition) is 5. The van der Waals surface area contributed by atoms with E-state index in [2.05, 4.69) is 0 Å². The standard InChI is InChI=1S/C16H28O6/c1-4-7-22-16(2,3)14(19)6-5-10-11(8-15(20)21)13(18)9-12(10)17/h5-6,10-14,17-19H,4,7-9H2,1-3H3,(H,20,21). The number of aliphatic carboxylic acids is 1. The van der Waals surface area contributed by atoms with Crippen molar-refractivity contribution in [2.75, 3.05) is 6.61 Å². The predicted octanol–water partition coefficient (Wildman–Crippen LogP) is 0.941. The topological polar surface area (TPSA) is 107 Å². The summed E-state index contributed by atoms with van der Waals surface area (Å²) in [5.41, 5.74) is -0.767. The molecule has 0 spiro atoms. The van der Waals surface area contributed by atoms with E-state index in [0.717, 1.165) is 6.42 Å². The van der Waals surface area contributed by atoms with Gasteiger partial charge in [0.25, 0.3) is 0 Å². The fourth-order valence-corrected chi connectivity index (χ4v) is 2.78. The van der Waals surface area contributed by atoms with Gasteiger partial charge in [-0.3, -0.25) is 4.79 Å². The number of ether oxygens (including phenoxy) is 1. The molecule has 0 bridgehead atoms. The van der Waals surface area contributed by atoms with E-state index in [9.17, 15) is 20.1 Å². The highest BCUT2D eigenvalue weighted by atomic mass is 16.5. The summed E-state index contributed by atoms with van der Waals surface area (Å²) in [6.45, 7) is 6.05. The summed E-state index contributed by atoms with van der Waals surface area (Å²) in [6.07, 6.45) is 1.39. The Hall–Kier alpha value is -0.950. The third-order valence-corrected chi connectivity index (χ3v) is 4.23. The van der Waals surface area contributed by atoms with Crippen LogP contribution in [0.2, 0.25) is 0 Å². The summed E-state index contributed by atoms with van der Waals surface area (Å²) < 4.78 is 5.59. The summed E-state index contributed by atoms with van der Waals surface area (Å²) in [7, 11) is 0. The first-order chi connectivity index (χ1) is 10.2. The Morgan fingerprint density at radius 3 is 2.55 bits per heavy atom. The maximum Gasteiger partial charge on any atom is 0.303 e. The zero-order chi connectivity index (χ0) is 16.9. The second-order valence-electron chi connectivity index (χ2n) is 6.49. The molecule has 1 aliphatic rings. The number of aliphatic hydroxyl groups is 3. The van der Waals surface area contributed by atoms with Crippen LogP contribution in [-0.2, 0) is 9.53 Å². The number of rotatable bonds is 8. The Labute approximate surface area is 131 Å². The Morgan fingerprint density at radius 1 is 1.36 bits per heavy atom. The molecule has 1 aliphatic carbocycles. The van der Waals surface area contributed by atoms with Gasteiger partial charge in [0, 0.05) is 24.9 Å². The fraction of sp³-hybridized carbons (Fsp3) is 0.812. The molecule has 1 rings (SSSR count). The molecule has 5 atom stereocenters. The summed E-state index contributed by atoms with van der Waals surface area (Å²) in [4.78, 5) is 10.9. The molecule has 0 saturated heterocycles. The van der Waals surface area contributed by atoms with Crippen LogP contribution in [0.3, 0.4) is 0 Å². The van der Waals surface area contributed by atoms with Crippen molar-refractivity contribution in [3.8, 4) is 0 Å². The Kier molecular flexibility index (Phi) is 6.99. The number of carbonyl (C=O) groups is 1. The van der Waals surface area contributed by atoms with E-state index >= 15 is 0 Å². The second-order valence-corrected chi connectivity index (χ2v) is 6.49. The van der Waals surface area contributed by atoms with E-state index < -0.39 is 41.7 Å². The van der Waals surface area contributed by atoms with E-state index in [1.54, 1.807) is 19.9 Å². The highest BCUT2D eigenvalue weighted by Crippen LogP contribution is 2.36. The van der Waals surface area contributed by atoms with Gasteiger partial charge in [-0.15, -0.1) is 0 Å². The molecule has 6 heteroatoms. The Morgan fingerprint density at radius 2 is 2.00 bits per heavy atom. The van der Waals surface area contributed by atoms with Gasteiger partial charge in [0.05, 0.1) is 24.2 Å². The van der Waals surface area contributed by atoms with E-state index in [0.29, 0.717) is 6.61 Å². The third-order valence-electron chi connectivity index (χ3n) is 4.23. The van der Waals surface area contributed by atoms with Gasteiger partial charge < -0.3 is 25.2 Å². The predicted molar refractivity (Wildman–Crippen MR) is 81.3 cm³/mol. The zero-order valence-corrected chi connectivity index (χ0v) is 13.5. The summed E-state index contributed by atoms with van der Waals surface area (Å²) in [5.74, 6) is -2.04. The highest BCUT2D eigenvalue weighted by Gasteiger charge is 2.41. The molecule has 128 valence electrons. The molecule has 5 unspecified atom stereocenters. The van der Waals surface area contributed by atoms with Crippen molar-refractivity contribution >= 4 is 5.97 Å². The molecule has 0 aromatic heterocycles. The highest BCUT2D eigenvalue weighted by molar-refractivity contribution is 5.67. The monoisotopic (exact) mass is 316 g/mol. The number of carboxylic acids is 1. The van der Waals surface area contributed by atoms with Crippen molar-refractivity contribution in [1.82, 2.24) is 0 Å². The molecule has 0 aromatic carbocycles. The van der Waals surface area contributed by atoms with Crippen molar-refractivity contribution in [2.45, 2.75) is 63.9 Å². The maximum atomic E-state index is 10.9. The average molecular weight is 316 g/mol. The molecule has 1 fully saturated rings. The van der Waals surface area contributed by atoms with E-state index in [1.807, 2.05) is 6.92 Å². The van der Waals surface area contributed by atoms with Gasteiger partial charge in [-0.05, 0) is 20.3 Å². The molecular weight excluding hydrogens is 288 g/mol. The van der Waals surface area contributed by atoms with Crippen molar-refractivity contribution < 1.29 is 30.0 Å². The van der Waals surface area contributed by atoms with Crippen LogP contribution in [0.5, 0.6) is 0 Å². The molecule has 0 aliphatic heterocycles. The summed E-state index contributed by atoms with van der Waals surface area (Å²) in [5, 5.41) is 39.0. The lowest BCUT2D eigenvalue weighted by Crippen LogP contribution is -2.38. The average Bonchev–Trinajstić information content (AvgIpc) is 2.68. The van der Waals surface area contributed by atoms with Crippen LogP contribution in [0.4, 0.5) is 0 Å². The van der Waals surface area contributed by atoms with Gasteiger partial charge in [0.2, 0.25) is 0 Å². The number of aliphatic hydroxyl groups excluding tert-OH is 3. The molecule has 1 saturated carbocycles. The lowest BCUT2D eigenvalue weighted by Gasteiger charge is -2.29. The van der Waals surface area contributed by atoms with Crippen LogP contribution in [0.1, 0.15) is 40.0 Å². The fourth-order valence-electron chi connectivity index (χ4n) is 2.78. The first-order valence-corrected chi connectivity index (χ1v) is 7.77. The SMILES string of the molecule is CCCOC(C)(C)C(O)C=CC1C(O)CC(O)C1CC(=O)O. The van der Waals surface area contributed by atoms with Crippen LogP contribution in [0, 0.1) is 11.8 Å². The van der Waals surface area contributed by atoms with Gasteiger partial charge in [-0.2, -0.15) is 0 Å². The van der Waals surface area contributed by atoms with Crippen LogP contribution in [0.15, 0.2) is 12.2 Å². The van der Waals surface area contributed by atoms with Crippen molar-refractivity contribution in [3.63, 3.8) is 0 Å². The minimum Gasteiger partial charge on any atom is -0.481 e. The molecule has 0 heterocycles. The normalized spacial score (nSPS) is 30.8. The molecule has 6 nitrogen and oxygen atoms in total. The van der Waals surface area contributed by atoms with Crippen molar-refractivity contribution in [3.05, 3.63) is 12.2 Å². The van der Waals surface area contributed by atoms with Crippen LogP contribution in [0.25, 0.3) is 0 Å². The van der Waals surface area contributed by atoms with Gasteiger partial charge in [-0.1, -0.05) is 19.1 Å². The van der Waals surface area contributed by atoms with Crippen molar-refractivity contribution in [1.29, 1.82) is 0 Å². The summed E-state index contributed by atoms with van der Waals surface area (Å²) >= 11 is 0. The van der Waals surface area contributed by atoms with Gasteiger partial charge in [0.15, 0.2) is 0 Å². The van der Waals surface area contributed by atoms with Crippen molar-refractivity contribution in [2.24, 2.45) is 11.8 Å². The lowest BCUT2D eigenvalue weighted by atomic mass is 9.89. The molecular formula is C16H28O6. The number of hydrogen-bond donors (Lipinski definition) is 4. The first-order valence-electron chi connectivity index (χ1n) is 7.77. The molecule has 0 radical (unpaired) electrons. The van der Waals surface area contributed by atoms with E-state index in [4.69, 9.17) is 9.84 Å². The zero-order valence-electron chi connectivity index (χ0n) is 13.5. The summed E-state index contributed by atoms with van der Waals surface area (Å²) in [6, 6.07) is 0. The first kappa shape index (κ1) is 19.1. The number of carboxylic acid groups (broad SMARTS) is 1. The van der Waals surface area contributed by atoms with Crippen LogP contribution >= 0.6 is 0 Å². The van der Waals surface area contributed by atoms with E-state index in [1.165, 1.54) is 6.08 Å². The lowest BCUT2D eigenvalue weighted by molar-refractivity contribution is -0.139. The van der Waals surface area contributed by atoms with Crippen LogP contribution < -0.4 is 0 Å². The Bertz CT molecular complexity index is 392. The van der Waals surface area contributed by atoms with Gasteiger partial charge in [0.1, 0.15) is 6.10 Å². The smallest absolute Gasteiger partial charge is 0.303 e. The van der Waals surface area contributed by atoms with E-state index in [-0.39, 0.29) is 12.8 Å². The van der Waals surface area contributed by atoms with Gasteiger partial charge >= 0.3 is 5.97 Å². The molecule has 0 amide bonds. The van der Waals surface area contributed by atoms with Crippen LogP contribution in [-0.4, -0.2) is 56.9 Å². The quantitative estimate of drug-likeness (QED) is 0.497. The third kappa shape index (κ3) is 5.05. The molecule has 0 aromatic rings. The largest absolute Gasteiger partial charge is 0.481 e. The minimum atomic E-state index is -1.01. The minimum absolute atomic E-state index is 0.152. The molecule has 22 heavy (non-hydrogen) atoms. The second kappa shape index (κ2) is 8.06. The Balaban J connectivity index is 2.74. The maximum absolute atomic E-state index is 10.9.